The molecule has 2 fully saturated rings. The zero-order valence-electron chi connectivity index (χ0n) is 14.4. The van der Waals surface area contributed by atoms with E-state index in [4.69, 9.17) is 9.47 Å². The van der Waals surface area contributed by atoms with E-state index in [1.54, 1.807) is 7.11 Å². The average molecular weight is 333 g/mol. The van der Waals surface area contributed by atoms with Crippen molar-refractivity contribution in [1.82, 2.24) is 9.80 Å². The van der Waals surface area contributed by atoms with Gasteiger partial charge in [0.25, 0.3) is 0 Å². The van der Waals surface area contributed by atoms with Crippen LogP contribution in [0.2, 0.25) is 0 Å². The number of piperazine rings is 1. The Labute approximate surface area is 143 Å². The van der Waals surface area contributed by atoms with Gasteiger partial charge in [-0.05, 0) is 12.1 Å². The Balaban J connectivity index is 1.46. The highest BCUT2D eigenvalue weighted by atomic mass is 16.5. The fraction of sp³-hybridized carbons (Fsp3) is 0.611. The maximum atomic E-state index is 12.4. The molecular formula is C18H27N3O3. The van der Waals surface area contributed by atoms with Crippen LogP contribution in [0.5, 0.6) is 5.75 Å². The van der Waals surface area contributed by atoms with Gasteiger partial charge < -0.3 is 19.3 Å². The number of amides is 1. The Kier molecular flexibility index (Phi) is 5.93. The summed E-state index contributed by atoms with van der Waals surface area (Å²) in [5.41, 5.74) is 1.11. The minimum absolute atomic E-state index is 0.265. The highest BCUT2D eigenvalue weighted by molar-refractivity contribution is 5.76. The Morgan fingerprint density at radius 1 is 1.08 bits per heavy atom. The molecule has 0 unspecified atom stereocenters. The number of anilines is 1. The van der Waals surface area contributed by atoms with E-state index in [0.29, 0.717) is 6.42 Å². The van der Waals surface area contributed by atoms with E-state index in [-0.39, 0.29) is 5.91 Å². The first-order valence-electron chi connectivity index (χ1n) is 8.74. The van der Waals surface area contributed by atoms with Crippen LogP contribution < -0.4 is 9.64 Å². The fourth-order valence-electron chi connectivity index (χ4n) is 3.32. The highest BCUT2D eigenvalue weighted by Gasteiger charge is 2.23. The van der Waals surface area contributed by atoms with Crippen LogP contribution in [0.15, 0.2) is 24.3 Å². The van der Waals surface area contributed by atoms with Crippen LogP contribution in [0.4, 0.5) is 5.69 Å². The van der Waals surface area contributed by atoms with Crippen LogP contribution in [0.3, 0.4) is 0 Å². The van der Waals surface area contributed by atoms with Gasteiger partial charge in [0.2, 0.25) is 5.91 Å². The van der Waals surface area contributed by atoms with Gasteiger partial charge in [-0.1, -0.05) is 12.1 Å². The van der Waals surface area contributed by atoms with Crippen molar-refractivity contribution in [1.29, 1.82) is 0 Å². The number of para-hydroxylation sites is 2. The maximum absolute atomic E-state index is 12.4. The molecule has 0 aliphatic carbocycles. The molecule has 0 aromatic heterocycles. The van der Waals surface area contributed by atoms with E-state index in [0.717, 1.165) is 70.5 Å². The number of carbonyl (C=O) groups excluding carboxylic acids is 1. The molecule has 2 saturated heterocycles. The molecule has 0 radical (unpaired) electrons. The molecule has 2 aliphatic heterocycles. The van der Waals surface area contributed by atoms with E-state index in [9.17, 15) is 4.79 Å². The number of rotatable bonds is 5. The largest absolute Gasteiger partial charge is 0.495 e. The lowest BCUT2D eigenvalue weighted by Crippen LogP contribution is -2.49. The normalized spacial score (nSPS) is 19.4. The number of ether oxygens (including phenoxy) is 2. The Morgan fingerprint density at radius 3 is 2.50 bits per heavy atom. The minimum Gasteiger partial charge on any atom is -0.495 e. The summed E-state index contributed by atoms with van der Waals surface area (Å²) in [5, 5.41) is 0. The summed E-state index contributed by atoms with van der Waals surface area (Å²) >= 11 is 0. The third-order valence-corrected chi connectivity index (χ3v) is 4.80. The number of benzene rings is 1. The number of morpholine rings is 1. The van der Waals surface area contributed by atoms with E-state index < -0.39 is 0 Å². The van der Waals surface area contributed by atoms with Crippen LogP contribution in [-0.2, 0) is 9.53 Å². The van der Waals surface area contributed by atoms with Crippen molar-refractivity contribution in [3.8, 4) is 5.75 Å². The average Bonchev–Trinajstić information content (AvgIpc) is 2.67. The molecule has 1 amide bonds. The van der Waals surface area contributed by atoms with Crippen LogP contribution in [0.25, 0.3) is 0 Å². The first-order chi connectivity index (χ1) is 11.8. The number of methoxy groups -OCH3 is 1. The van der Waals surface area contributed by atoms with Crippen molar-refractivity contribution in [3.05, 3.63) is 24.3 Å². The number of hydrogen-bond donors (Lipinski definition) is 0. The third-order valence-electron chi connectivity index (χ3n) is 4.80. The fourth-order valence-corrected chi connectivity index (χ4v) is 3.32. The molecule has 0 atom stereocenters. The summed E-state index contributed by atoms with van der Waals surface area (Å²) in [6, 6.07) is 8.06. The van der Waals surface area contributed by atoms with Crippen molar-refractivity contribution < 1.29 is 14.3 Å². The lowest BCUT2D eigenvalue weighted by molar-refractivity contribution is -0.132. The molecule has 0 spiro atoms. The zero-order chi connectivity index (χ0) is 16.8. The molecule has 132 valence electrons. The lowest BCUT2D eigenvalue weighted by Gasteiger charge is -2.37. The Morgan fingerprint density at radius 2 is 1.79 bits per heavy atom. The molecule has 6 nitrogen and oxygen atoms in total. The summed E-state index contributed by atoms with van der Waals surface area (Å²) in [7, 11) is 1.70. The van der Waals surface area contributed by atoms with Crippen molar-refractivity contribution in [3.63, 3.8) is 0 Å². The van der Waals surface area contributed by atoms with E-state index >= 15 is 0 Å². The molecule has 2 heterocycles. The summed E-state index contributed by atoms with van der Waals surface area (Å²) in [5.74, 6) is 1.16. The first-order valence-corrected chi connectivity index (χ1v) is 8.74. The zero-order valence-corrected chi connectivity index (χ0v) is 14.4. The molecule has 2 aliphatic rings. The number of hydrogen-bond acceptors (Lipinski definition) is 5. The second-order valence-electron chi connectivity index (χ2n) is 6.24. The van der Waals surface area contributed by atoms with Crippen molar-refractivity contribution in [2.24, 2.45) is 0 Å². The van der Waals surface area contributed by atoms with Gasteiger partial charge in [0.05, 0.1) is 26.0 Å². The predicted octanol–water partition coefficient (Wildman–Crippen LogP) is 1.07. The summed E-state index contributed by atoms with van der Waals surface area (Å²) in [6.45, 7) is 7.55. The summed E-state index contributed by atoms with van der Waals surface area (Å²) in [6.07, 6.45) is 0.606. The van der Waals surface area contributed by atoms with Gasteiger partial charge in [-0.25, -0.2) is 0 Å². The van der Waals surface area contributed by atoms with Crippen LogP contribution in [-0.4, -0.2) is 81.8 Å². The van der Waals surface area contributed by atoms with Crippen LogP contribution in [0.1, 0.15) is 6.42 Å². The van der Waals surface area contributed by atoms with E-state index in [2.05, 4.69) is 15.9 Å². The van der Waals surface area contributed by atoms with Gasteiger partial charge in [0.15, 0.2) is 0 Å². The molecule has 1 aromatic carbocycles. The Bertz CT molecular complexity index is 538. The highest BCUT2D eigenvalue weighted by Crippen LogP contribution is 2.28. The van der Waals surface area contributed by atoms with Crippen molar-refractivity contribution in [2.45, 2.75) is 6.42 Å². The lowest BCUT2D eigenvalue weighted by atomic mass is 10.2. The minimum atomic E-state index is 0.265. The van der Waals surface area contributed by atoms with Gasteiger partial charge in [0.1, 0.15) is 5.75 Å². The van der Waals surface area contributed by atoms with Gasteiger partial charge in [0, 0.05) is 52.2 Å². The number of carbonyl (C=O) groups is 1. The van der Waals surface area contributed by atoms with E-state index in [1.165, 1.54) is 0 Å². The molecule has 1 aromatic rings. The van der Waals surface area contributed by atoms with Crippen LogP contribution >= 0.6 is 0 Å². The summed E-state index contributed by atoms with van der Waals surface area (Å²) in [4.78, 5) is 19.0. The standard InChI is InChI=1S/C18H27N3O3/c1-23-17-5-3-2-4-16(17)20-8-10-21(11-9-20)18(22)6-7-19-12-14-24-15-13-19/h2-5H,6-15H2,1H3. The molecule has 6 heteroatoms. The quantitative estimate of drug-likeness (QED) is 0.806. The smallest absolute Gasteiger partial charge is 0.223 e. The monoisotopic (exact) mass is 333 g/mol. The van der Waals surface area contributed by atoms with Crippen molar-refractivity contribution >= 4 is 11.6 Å². The van der Waals surface area contributed by atoms with E-state index in [1.807, 2.05) is 23.1 Å². The van der Waals surface area contributed by atoms with Gasteiger partial charge in [-0.2, -0.15) is 0 Å². The molecule has 24 heavy (non-hydrogen) atoms. The predicted molar refractivity (Wildman–Crippen MR) is 93.7 cm³/mol. The maximum Gasteiger partial charge on any atom is 0.223 e. The second kappa shape index (κ2) is 8.35. The number of nitrogens with zero attached hydrogens (tertiary/aromatic N) is 3. The molecule has 0 N–H and O–H groups in total. The Hall–Kier alpha value is -1.79. The molecule has 0 saturated carbocycles. The second-order valence-corrected chi connectivity index (χ2v) is 6.24. The molecule has 3 rings (SSSR count). The first kappa shape index (κ1) is 17.0. The third kappa shape index (κ3) is 4.19. The van der Waals surface area contributed by atoms with Crippen LogP contribution in [0, 0.1) is 0 Å². The van der Waals surface area contributed by atoms with Crippen molar-refractivity contribution in [2.75, 3.05) is 71.0 Å². The van der Waals surface area contributed by atoms with Gasteiger partial charge in [-0.3, -0.25) is 9.69 Å². The van der Waals surface area contributed by atoms with Gasteiger partial charge in [-0.15, -0.1) is 0 Å². The molecule has 0 bridgehead atoms. The topological polar surface area (TPSA) is 45.2 Å². The molecular weight excluding hydrogens is 306 g/mol. The summed E-state index contributed by atoms with van der Waals surface area (Å²) < 4.78 is 10.8. The SMILES string of the molecule is COc1ccccc1N1CCN(C(=O)CCN2CCOCC2)CC1. The van der Waals surface area contributed by atoms with Gasteiger partial charge >= 0.3 is 0 Å².